The Morgan fingerprint density at radius 3 is 2.23 bits per heavy atom. The molecule has 0 fully saturated rings. The van der Waals surface area contributed by atoms with Crippen LogP contribution >= 0.6 is 0 Å². The van der Waals surface area contributed by atoms with Gasteiger partial charge < -0.3 is 14.8 Å². The lowest BCUT2D eigenvalue weighted by Crippen LogP contribution is -2.29. The summed E-state index contributed by atoms with van der Waals surface area (Å²) in [5, 5.41) is 2.70. The molecule has 2 aromatic carbocycles. The predicted octanol–water partition coefficient (Wildman–Crippen LogP) is 2.27. The molecule has 1 amide bonds. The second-order valence-corrected chi connectivity index (χ2v) is 7.18. The Balaban J connectivity index is 1.85. The Hall–Kier alpha value is -2.74. The van der Waals surface area contributed by atoms with Crippen LogP contribution in [-0.2, 0) is 10.0 Å². The summed E-state index contributed by atoms with van der Waals surface area (Å²) in [6.45, 7) is 3.07. The number of amides is 1. The zero-order valence-electron chi connectivity index (χ0n) is 14.7. The first-order valence-corrected chi connectivity index (χ1v) is 9.99. The number of anilines is 1. The number of nitrogens with one attached hydrogen (secondary N) is 2. The molecule has 26 heavy (non-hydrogen) atoms. The molecule has 0 radical (unpaired) electrons. The van der Waals surface area contributed by atoms with E-state index in [0.717, 1.165) is 12.0 Å². The maximum absolute atomic E-state index is 12.3. The highest BCUT2D eigenvalue weighted by Crippen LogP contribution is 2.18. The smallest absolute Gasteiger partial charge is 0.253 e. The van der Waals surface area contributed by atoms with Gasteiger partial charge in [-0.3, -0.25) is 9.52 Å². The molecule has 0 bridgehead atoms. The second kappa shape index (κ2) is 9.10. The first-order valence-electron chi connectivity index (χ1n) is 8.09. The highest BCUT2D eigenvalue weighted by molar-refractivity contribution is 7.92. The Labute approximate surface area is 153 Å². The molecule has 0 heterocycles. The van der Waals surface area contributed by atoms with Crippen LogP contribution in [-0.4, -0.2) is 40.3 Å². The summed E-state index contributed by atoms with van der Waals surface area (Å²) < 4.78 is 36.0. The summed E-state index contributed by atoms with van der Waals surface area (Å²) in [7, 11) is -3.47. The molecule has 140 valence electrons. The number of rotatable bonds is 9. The van der Waals surface area contributed by atoms with Crippen LogP contribution in [0.2, 0.25) is 0 Å². The third-order valence-electron chi connectivity index (χ3n) is 3.26. The lowest BCUT2D eigenvalue weighted by molar-refractivity contribution is 0.0948. The number of carbonyl (C=O) groups excluding carboxylic acids is 1. The van der Waals surface area contributed by atoms with E-state index in [0.29, 0.717) is 12.4 Å². The van der Waals surface area contributed by atoms with Gasteiger partial charge in [-0.05, 0) is 43.3 Å². The van der Waals surface area contributed by atoms with E-state index in [-0.39, 0.29) is 30.3 Å². The molecule has 0 aromatic heterocycles. The van der Waals surface area contributed by atoms with Gasteiger partial charge >= 0.3 is 0 Å². The Morgan fingerprint density at radius 1 is 1.00 bits per heavy atom. The molecule has 7 nitrogen and oxygen atoms in total. The zero-order chi connectivity index (χ0) is 19.0. The summed E-state index contributed by atoms with van der Waals surface area (Å²) in [6.07, 6.45) is 1.03. The normalized spacial score (nSPS) is 10.8. The molecule has 8 heteroatoms. The summed E-state index contributed by atoms with van der Waals surface area (Å²) in [6, 6.07) is 13.6. The fourth-order valence-electron chi connectivity index (χ4n) is 2.20. The lowest BCUT2D eigenvalue weighted by atomic mass is 10.1. The maximum atomic E-state index is 12.3. The number of ether oxygens (including phenoxy) is 2. The molecule has 2 rings (SSSR count). The van der Waals surface area contributed by atoms with Crippen molar-refractivity contribution >= 4 is 21.6 Å². The van der Waals surface area contributed by atoms with Crippen molar-refractivity contribution in [3.8, 4) is 11.5 Å². The zero-order valence-corrected chi connectivity index (χ0v) is 15.5. The molecule has 0 aliphatic carbocycles. The van der Waals surface area contributed by atoms with Crippen molar-refractivity contribution < 1.29 is 22.7 Å². The number of para-hydroxylation sites is 1. The number of hydrogen-bond acceptors (Lipinski definition) is 5. The average molecular weight is 378 g/mol. The molecular formula is C18H22N2O5S. The minimum atomic E-state index is -3.47. The van der Waals surface area contributed by atoms with Crippen LogP contribution in [0.4, 0.5) is 5.69 Å². The van der Waals surface area contributed by atoms with Gasteiger partial charge in [-0.15, -0.1) is 0 Å². The molecule has 0 saturated heterocycles. The van der Waals surface area contributed by atoms with Crippen LogP contribution in [0.15, 0.2) is 48.5 Å². The third kappa shape index (κ3) is 6.29. The van der Waals surface area contributed by atoms with E-state index in [4.69, 9.17) is 9.47 Å². The first kappa shape index (κ1) is 19.6. The van der Waals surface area contributed by atoms with Gasteiger partial charge in [0.25, 0.3) is 5.91 Å². The van der Waals surface area contributed by atoms with Crippen molar-refractivity contribution in [1.82, 2.24) is 5.32 Å². The Bertz CT molecular complexity index is 835. The van der Waals surface area contributed by atoms with Gasteiger partial charge in [0.2, 0.25) is 10.0 Å². The van der Waals surface area contributed by atoms with Gasteiger partial charge in [0.05, 0.1) is 30.7 Å². The molecule has 0 aliphatic heterocycles. The lowest BCUT2D eigenvalue weighted by Gasteiger charge is -2.12. The van der Waals surface area contributed by atoms with Gasteiger partial charge in [-0.1, -0.05) is 12.1 Å². The Morgan fingerprint density at radius 2 is 1.62 bits per heavy atom. The number of hydrogen-bond donors (Lipinski definition) is 2. The van der Waals surface area contributed by atoms with Crippen molar-refractivity contribution in [3.63, 3.8) is 0 Å². The van der Waals surface area contributed by atoms with Gasteiger partial charge in [0, 0.05) is 0 Å². The number of benzene rings is 2. The topological polar surface area (TPSA) is 93.7 Å². The van der Waals surface area contributed by atoms with Crippen LogP contribution in [0, 0.1) is 0 Å². The average Bonchev–Trinajstić information content (AvgIpc) is 2.59. The van der Waals surface area contributed by atoms with Crippen molar-refractivity contribution in [2.45, 2.75) is 6.92 Å². The quantitative estimate of drug-likeness (QED) is 0.653. The molecule has 0 unspecified atom stereocenters. The van der Waals surface area contributed by atoms with E-state index in [1.54, 1.807) is 30.3 Å². The monoisotopic (exact) mass is 378 g/mol. The molecular weight excluding hydrogens is 356 g/mol. The van der Waals surface area contributed by atoms with Gasteiger partial charge in [0.1, 0.15) is 18.1 Å². The second-order valence-electron chi connectivity index (χ2n) is 5.43. The van der Waals surface area contributed by atoms with Gasteiger partial charge in [-0.25, -0.2) is 8.42 Å². The molecule has 0 spiro atoms. The molecule has 2 aromatic rings. The Kier molecular flexibility index (Phi) is 6.85. The fraction of sp³-hybridized carbons (Fsp3) is 0.278. The SMILES string of the molecule is CCOc1ccc(OCCNC(=O)c2ccccc2NS(C)(=O)=O)cc1. The summed E-state index contributed by atoms with van der Waals surface area (Å²) in [4.78, 5) is 12.3. The third-order valence-corrected chi connectivity index (χ3v) is 3.85. The van der Waals surface area contributed by atoms with Crippen LogP contribution in [0.3, 0.4) is 0 Å². The molecule has 2 N–H and O–H groups in total. The molecule has 0 aliphatic rings. The van der Waals surface area contributed by atoms with Crippen molar-refractivity contribution in [2.75, 3.05) is 30.7 Å². The van der Waals surface area contributed by atoms with Crippen LogP contribution in [0.5, 0.6) is 11.5 Å². The fourth-order valence-corrected chi connectivity index (χ4v) is 2.77. The van der Waals surface area contributed by atoms with Gasteiger partial charge in [-0.2, -0.15) is 0 Å². The van der Waals surface area contributed by atoms with E-state index in [9.17, 15) is 13.2 Å². The highest BCUT2D eigenvalue weighted by atomic mass is 32.2. The minimum absolute atomic E-state index is 0.236. The van der Waals surface area contributed by atoms with E-state index < -0.39 is 10.0 Å². The number of carbonyl (C=O) groups is 1. The molecule has 0 atom stereocenters. The summed E-state index contributed by atoms with van der Waals surface area (Å²) in [5.74, 6) is 1.05. The van der Waals surface area contributed by atoms with Crippen molar-refractivity contribution in [2.24, 2.45) is 0 Å². The molecule has 0 saturated carbocycles. The first-order chi connectivity index (χ1) is 12.4. The van der Waals surface area contributed by atoms with E-state index in [2.05, 4.69) is 10.0 Å². The van der Waals surface area contributed by atoms with Gasteiger partial charge in [0.15, 0.2) is 0 Å². The number of sulfonamides is 1. The van der Waals surface area contributed by atoms with E-state index in [1.807, 2.05) is 19.1 Å². The van der Waals surface area contributed by atoms with E-state index in [1.165, 1.54) is 6.07 Å². The van der Waals surface area contributed by atoms with Crippen LogP contribution in [0.25, 0.3) is 0 Å². The van der Waals surface area contributed by atoms with E-state index >= 15 is 0 Å². The van der Waals surface area contributed by atoms with Crippen molar-refractivity contribution in [1.29, 1.82) is 0 Å². The highest BCUT2D eigenvalue weighted by Gasteiger charge is 2.13. The van der Waals surface area contributed by atoms with Crippen LogP contribution < -0.4 is 19.5 Å². The predicted molar refractivity (Wildman–Crippen MR) is 100 cm³/mol. The summed E-state index contributed by atoms with van der Waals surface area (Å²) in [5.41, 5.74) is 0.485. The maximum Gasteiger partial charge on any atom is 0.253 e. The van der Waals surface area contributed by atoms with Crippen molar-refractivity contribution in [3.05, 3.63) is 54.1 Å². The minimum Gasteiger partial charge on any atom is -0.494 e. The summed E-state index contributed by atoms with van der Waals surface area (Å²) >= 11 is 0. The standard InChI is InChI=1S/C18H22N2O5S/c1-3-24-14-8-10-15(11-9-14)25-13-12-19-18(21)16-6-4-5-7-17(16)20-26(2,22)23/h4-11,20H,3,12-13H2,1-2H3,(H,19,21). The van der Waals surface area contributed by atoms with Crippen LogP contribution in [0.1, 0.15) is 17.3 Å². The largest absolute Gasteiger partial charge is 0.494 e.